The lowest BCUT2D eigenvalue weighted by Gasteiger charge is -2.40. The third-order valence-corrected chi connectivity index (χ3v) is 14.6. The lowest BCUT2D eigenvalue weighted by molar-refractivity contribution is -0.302. The second kappa shape index (κ2) is 52.6. The fourth-order valence-electron chi connectivity index (χ4n) is 9.75. The third-order valence-electron chi connectivity index (χ3n) is 14.6. The SMILES string of the molecule is CCCCCCC/C=C\C/C=C\C/C=C\CCCCCCCCCCCCCCCCCCCCCCC(=O)NC(COC1OC(CO)C(O)C(O)C1O)C(O)/C=C/CCCCCCCCCCCCCC. The zero-order valence-corrected chi connectivity index (χ0v) is 46.9. The second-order valence-corrected chi connectivity index (χ2v) is 21.5. The van der Waals surface area contributed by atoms with Gasteiger partial charge in [-0.15, -0.1) is 0 Å². The van der Waals surface area contributed by atoms with Crippen molar-refractivity contribution in [2.45, 2.75) is 333 Å². The standard InChI is InChI=1S/C63H117NO8/c1-3-5-7-9-11-13-15-17-19-20-21-22-23-24-25-26-27-28-29-30-31-32-33-34-35-36-37-38-39-41-43-45-47-49-51-53-59(67)64-56(55-71-63-62(70)61(69)60(68)58(54-65)72-63)57(66)52-50-48-46-44-42-40-18-16-14-12-10-8-6-4-2/h15,17,20-21,23-24,50,52,56-58,60-63,65-66,68-70H,3-14,16,18-19,22,25-49,51,53-55H2,1-2H3,(H,64,67)/b17-15-,21-20-,24-23-,52-50+. The average Bonchev–Trinajstić information content (AvgIpc) is 3.38. The van der Waals surface area contributed by atoms with Gasteiger partial charge in [0.1, 0.15) is 24.4 Å². The zero-order chi connectivity index (χ0) is 52.2. The van der Waals surface area contributed by atoms with Crippen LogP contribution in [0.25, 0.3) is 0 Å². The van der Waals surface area contributed by atoms with Gasteiger partial charge in [-0.25, -0.2) is 0 Å². The van der Waals surface area contributed by atoms with Crippen molar-refractivity contribution in [3.63, 3.8) is 0 Å². The molecule has 0 aliphatic carbocycles. The Balaban J connectivity index is 2.09. The van der Waals surface area contributed by atoms with Gasteiger partial charge in [0.2, 0.25) is 5.91 Å². The zero-order valence-electron chi connectivity index (χ0n) is 46.9. The van der Waals surface area contributed by atoms with E-state index in [2.05, 4.69) is 55.6 Å². The van der Waals surface area contributed by atoms with Crippen molar-refractivity contribution in [2.75, 3.05) is 13.2 Å². The number of aliphatic hydroxyl groups excluding tert-OH is 5. The van der Waals surface area contributed by atoms with E-state index in [9.17, 15) is 30.3 Å². The van der Waals surface area contributed by atoms with Gasteiger partial charge in [-0.2, -0.15) is 0 Å². The highest BCUT2D eigenvalue weighted by molar-refractivity contribution is 5.76. The van der Waals surface area contributed by atoms with E-state index < -0.39 is 49.5 Å². The molecule has 1 aliphatic rings. The largest absolute Gasteiger partial charge is 0.394 e. The van der Waals surface area contributed by atoms with Crippen LogP contribution in [0, 0.1) is 0 Å². The number of nitrogens with one attached hydrogen (secondary N) is 1. The van der Waals surface area contributed by atoms with Crippen LogP contribution in [0.4, 0.5) is 0 Å². The van der Waals surface area contributed by atoms with Crippen LogP contribution >= 0.6 is 0 Å². The Hall–Kier alpha value is -1.85. The summed E-state index contributed by atoms with van der Waals surface area (Å²) in [7, 11) is 0. The van der Waals surface area contributed by atoms with E-state index in [0.717, 1.165) is 51.4 Å². The Labute approximate surface area is 444 Å². The molecule has 9 heteroatoms. The molecule has 1 amide bonds. The molecule has 72 heavy (non-hydrogen) atoms. The van der Waals surface area contributed by atoms with Crippen LogP contribution in [-0.2, 0) is 14.3 Å². The second-order valence-electron chi connectivity index (χ2n) is 21.5. The molecule has 0 saturated carbocycles. The molecule has 0 aromatic heterocycles. The van der Waals surface area contributed by atoms with Gasteiger partial charge in [-0.05, 0) is 57.8 Å². The van der Waals surface area contributed by atoms with E-state index >= 15 is 0 Å². The summed E-state index contributed by atoms with van der Waals surface area (Å²) in [6.45, 7) is 3.78. The molecule has 1 fully saturated rings. The van der Waals surface area contributed by atoms with Crippen LogP contribution in [0.5, 0.6) is 0 Å². The predicted octanol–water partition coefficient (Wildman–Crippen LogP) is 15.7. The van der Waals surface area contributed by atoms with Gasteiger partial charge in [0.05, 0.1) is 25.4 Å². The van der Waals surface area contributed by atoms with Crippen LogP contribution in [0.1, 0.15) is 290 Å². The maximum atomic E-state index is 13.1. The first kappa shape index (κ1) is 68.2. The van der Waals surface area contributed by atoms with Crippen LogP contribution in [0.3, 0.4) is 0 Å². The molecule has 6 N–H and O–H groups in total. The summed E-state index contributed by atoms with van der Waals surface area (Å²) in [6, 6.07) is -0.803. The summed E-state index contributed by atoms with van der Waals surface area (Å²) in [6.07, 6.45) is 63.4. The average molecular weight is 1020 g/mol. The molecule has 1 heterocycles. The van der Waals surface area contributed by atoms with Crippen LogP contribution in [0.15, 0.2) is 48.6 Å². The topological polar surface area (TPSA) is 149 Å². The Morgan fingerprint density at radius 3 is 1.21 bits per heavy atom. The highest BCUT2D eigenvalue weighted by atomic mass is 16.7. The van der Waals surface area contributed by atoms with Gasteiger partial charge in [0.25, 0.3) is 0 Å². The molecular formula is C63H117NO8. The first-order chi connectivity index (χ1) is 35.3. The first-order valence-corrected chi connectivity index (χ1v) is 30.9. The van der Waals surface area contributed by atoms with Crippen molar-refractivity contribution in [2.24, 2.45) is 0 Å². The molecule has 0 radical (unpaired) electrons. The van der Waals surface area contributed by atoms with Gasteiger partial charge in [-0.1, -0.05) is 274 Å². The molecule has 422 valence electrons. The summed E-state index contributed by atoms with van der Waals surface area (Å²) in [4.78, 5) is 13.1. The summed E-state index contributed by atoms with van der Waals surface area (Å²) >= 11 is 0. The van der Waals surface area contributed by atoms with Gasteiger partial charge in [0.15, 0.2) is 6.29 Å². The number of hydrogen-bond acceptors (Lipinski definition) is 8. The fourth-order valence-corrected chi connectivity index (χ4v) is 9.75. The van der Waals surface area contributed by atoms with Crippen LogP contribution in [-0.4, -0.2) is 87.5 Å². The highest BCUT2D eigenvalue weighted by Gasteiger charge is 2.44. The van der Waals surface area contributed by atoms with Crippen molar-refractivity contribution in [3.05, 3.63) is 48.6 Å². The summed E-state index contributed by atoms with van der Waals surface area (Å²) in [5, 5.41) is 54.5. The summed E-state index contributed by atoms with van der Waals surface area (Å²) in [5.74, 6) is -0.174. The number of amides is 1. The van der Waals surface area contributed by atoms with E-state index in [1.54, 1.807) is 6.08 Å². The Morgan fingerprint density at radius 1 is 0.472 bits per heavy atom. The number of carbonyl (C=O) groups is 1. The van der Waals surface area contributed by atoms with E-state index in [4.69, 9.17) is 9.47 Å². The molecular weight excluding hydrogens is 899 g/mol. The van der Waals surface area contributed by atoms with E-state index in [1.165, 1.54) is 218 Å². The van der Waals surface area contributed by atoms with Gasteiger partial charge in [-0.3, -0.25) is 4.79 Å². The smallest absolute Gasteiger partial charge is 0.220 e. The number of carbonyl (C=O) groups excluding carboxylic acids is 1. The number of hydrogen-bond donors (Lipinski definition) is 6. The Kier molecular flexibility index (Phi) is 49.8. The molecule has 0 aromatic rings. The van der Waals surface area contributed by atoms with Crippen molar-refractivity contribution in [1.29, 1.82) is 0 Å². The number of aliphatic hydroxyl groups is 5. The first-order valence-electron chi connectivity index (χ1n) is 30.9. The van der Waals surface area contributed by atoms with Crippen LogP contribution in [0.2, 0.25) is 0 Å². The Morgan fingerprint density at radius 2 is 0.819 bits per heavy atom. The maximum Gasteiger partial charge on any atom is 0.220 e. The minimum absolute atomic E-state index is 0.174. The Bertz CT molecular complexity index is 1270. The number of ether oxygens (including phenoxy) is 2. The molecule has 7 unspecified atom stereocenters. The van der Waals surface area contributed by atoms with E-state index in [-0.39, 0.29) is 12.5 Å². The van der Waals surface area contributed by atoms with E-state index in [0.29, 0.717) is 6.42 Å². The minimum Gasteiger partial charge on any atom is -0.394 e. The summed E-state index contributed by atoms with van der Waals surface area (Å²) in [5.41, 5.74) is 0. The lowest BCUT2D eigenvalue weighted by Crippen LogP contribution is -2.60. The summed E-state index contributed by atoms with van der Waals surface area (Å²) < 4.78 is 11.3. The van der Waals surface area contributed by atoms with E-state index in [1.807, 2.05) is 6.08 Å². The molecule has 1 aliphatic heterocycles. The van der Waals surface area contributed by atoms with Gasteiger partial charge in [0, 0.05) is 6.42 Å². The fraction of sp³-hybridized carbons (Fsp3) is 0.857. The quantitative estimate of drug-likeness (QED) is 0.0261. The molecule has 1 rings (SSSR count). The molecule has 0 bridgehead atoms. The van der Waals surface area contributed by atoms with Crippen molar-refractivity contribution < 1.29 is 39.8 Å². The van der Waals surface area contributed by atoms with Crippen LogP contribution < -0.4 is 5.32 Å². The molecule has 7 atom stereocenters. The van der Waals surface area contributed by atoms with Gasteiger partial charge >= 0.3 is 0 Å². The monoisotopic (exact) mass is 1020 g/mol. The number of rotatable bonds is 53. The number of unbranched alkanes of at least 4 members (excludes halogenated alkanes) is 37. The third kappa shape index (κ3) is 41.4. The minimum atomic E-state index is -1.57. The molecule has 0 aromatic carbocycles. The van der Waals surface area contributed by atoms with Gasteiger partial charge < -0.3 is 40.3 Å². The highest BCUT2D eigenvalue weighted by Crippen LogP contribution is 2.23. The predicted molar refractivity (Wildman–Crippen MR) is 304 cm³/mol. The number of allylic oxidation sites excluding steroid dienone is 7. The van der Waals surface area contributed by atoms with Crippen molar-refractivity contribution >= 4 is 5.91 Å². The molecule has 0 spiro atoms. The van der Waals surface area contributed by atoms with Crippen molar-refractivity contribution in [1.82, 2.24) is 5.32 Å². The molecule has 9 nitrogen and oxygen atoms in total. The maximum absolute atomic E-state index is 13.1. The lowest BCUT2D eigenvalue weighted by atomic mass is 9.99. The molecule has 1 saturated heterocycles. The normalized spacial score (nSPS) is 19.5. The van der Waals surface area contributed by atoms with Crippen molar-refractivity contribution in [3.8, 4) is 0 Å².